The SMILES string of the molecule is CC(C)(c1ccc2c(c1)OCO2)c1cnc(SCc2c(F)cccc2Cl)n1-c1ccc(F)cc1. The van der Waals surface area contributed by atoms with E-state index in [1.54, 1.807) is 30.5 Å². The summed E-state index contributed by atoms with van der Waals surface area (Å²) in [7, 11) is 0. The van der Waals surface area contributed by atoms with Crippen molar-refractivity contribution < 1.29 is 18.3 Å². The average Bonchev–Trinajstić information content (AvgIpc) is 3.46. The molecular weight excluding hydrogens is 478 g/mol. The van der Waals surface area contributed by atoms with Crippen LogP contribution in [0.4, 0.5) is 8.78 Å². The number of hydrogen-bond donors (Lipinski definition) is 0. The Kier molecular flexibility index (Phi) is 6.00. The topological polar surface area (TPSA) is 36.3 Å². The minimum Gasteiger partial charge on any atom is -0.454 e. The lowest BCUT2D eigenvalue weighted by Gasteiger charge is -2.27. The molecule has 4 aromatic rings. The molecule has 0 saturated carbocycles. The molecule has 0 amide bonds. The second kappa shape index (κ2) is 8.96. The second-order valence-corrected chi connectivity index (χ2v) is 9.77. The number of nitrogens with zero attached hydrogens (tertiary/aromatic N) is 2. The van der Waals surface area contributed by atoms with E-state index in [1.165, 1.54) is 30.0 Å². The van der Waals surface area contributed by atoms with Gasteiger partial charge in [0, 0.05) is 27.4 Å². The van der Waals surface area contributed by atoms with Gasteiger partial charge in [-0.1, -0.05) is 49.3 Å². The van der Waals surface area contributed by atoms with Crippen LogP contribution in [0.15, 0.2) is 72.0 Å². The van der Waals surface area contributed by atoms with Crippen molar-refractivity contribution >= 4 is 23.4 Å². The molecule has 174 valence electrons. The largest absolute Gasteiger partial charge is 0.454 e. The van der Waals surface area contributed by atoms with Crippen LogP contribution in [0.2, 0.25) is 5.02 Å². The first kappa shape index (κ1) is 22.7. The summed E-state index contributed by atoms with van der Waals surface area (Å²) in [6.07, 6.45) is 1.80. The zero-order valence-electron chi connectivity index (χ0n) is 18.5. The van der Waals surface area contributed by atoms with E-state index in [0.717, 1.165) is 16.9 Å². The number of hydrogen-bond acceptors (Lipinski definition) is 4. The molecule has 8 heteroatoms. The zero-order chi connectivity index (χ0) is 23.9. The van der Waals surface area contributed by atoms with Crippen LogP contribution in [0, 0.1) is 11.6 Å². The average molecular weight is 499 g/mol. The fourth-order valence-corrected chi connectivity index (χ4v) is 5.29. The minimum atomic E-state index is -0.489. The molecule has 0 radical (unpaired) electrons. The molecule has 0 spiro atoms. The number of aromatic nitrogens is 2. The minimum absolute atomic E-state index is 0.201. The van der Waals surface area contributed by atoms with Crippen LogP contribution in [-0.4, -0.2) is 16.3 Å². The summed E-state index contributed by atoms with van der Waals surface area (Å²) in [5.74, 6) is 1.02. The Hall–Kier alpha value is -3.03. The molecule has 0 N–H and O–H groups in total. The molecule has 0 fully saturated rings. The van der Waals surface area contributed by atoms with Gasteiger partial charge in [0.2, 0.25) is 6.79 Å². The first-order chi connectivity index (χ1) is 16.3. The summed E-state index contributed by atoms with van der Waals surface area (Å²) in [5.41, 5.74) is 2.58. The highest BCUT2D eigenvalue weighted by atomic mass is 35.5. The highest BCUT2D eigenvalue weighted by Gasteiger charge is 2.31. The van der Waals surface area contributed by atoms with Gasteiger partial charge in [0.15, 0.2) is 16.7 Å². The Morgan fingerprint density at radius 2 is 1.79 bits per heavy atom. The van der Waals surface area contributed by atoms with Crippen molar-refractivity contribution in [2.24, 2.45) is 0 Å². The third-order valence-electron chi connectivity index (χ3n) is 5.96. The molecule has 4 nitrogen and oxygen atoms in total. The maximum absolute atomic E-state index is 14.4. The van der Waals surface area contributed by atoms with E-state index in [1.807, 2.05) is 22.8 Å². The molecule has 0 bridgehead atoms. The van der Waals surface area contributed by atoms with Crippen LogP contribution in [-0.2, 0) is 11.2 Å². The van der Waals surface area contributed by atoms with E-state index in [0.29, 0.717) is 33.0 Å². The van der Waals surface area contributed by atoms with Gasteiger partial charge in [-0.2, -0.15) is 0 Å². The van der Waals surface area contributed by atoms with Gasteiger partial charge in [-0.3, -0.25) is 4.57 Å². The maximum atomic E-state index is 14.4. The lowest BCUT2D eigenvalue weighted by atomic mass is 9.81. The predicted octanol–water partition coefficient (Wildman–Crippen LogP) is 7.15. The number of benzene rings is 3. The molecule has 34 heavy (non-hydrogen) atoms. The first-order valence-corrected chi connectivity index (χ1v) is 12.0. The second-order valence-electron chi connectivity index (χ2n) is 8.42. The van der Waals surface area contributed by atoms with Crippen molar-refractivity contribution in [1.82, 2.24) is 9.55 Å². The Morgan fingerprint density at radius 1 is 1.03 bits per heavy atom. The van der Waals surface area contributed by atoms with Crippen LogP contribution in [0.25, 0.3) is 5.69 Å². The highest BCUT2D eigenvalue weighted by Crippen LogP contribution is 2.41. The summed E-state index contributed by atoms with van der Waals surface area (Å²) >= 11 is 7.60. The Bertz CT molecular complexity index is 1340. The maximum Gasteiger partial charge on any atom is 0.231 e. The zero-order valence-corrected chi connectivity index (χ0v) is 20.1. The van der Waals surface area contributed by atoms with Gasteiger partial charge in [-0.25, -0.2) is 13.8 Å². The van der Waals surface area contributed by atoms with Crippen molar-refractivity contribution in [3.8, 4) is 17.2 Å². The van der Waals surface area contributed by atoms with Gasteiger partial charge >= 0.3 is 0 Å². The predicted molar refractivity (Wildman–Crippen MR) is 129 cm³/mol. The number of fused-ring (bicyclic) bond motifs is 1. The standard InChI is InChI=1S/C26H21ClF2N2O2S/c1-26(2,16-6-11-22-23(12-16)33-15-32-22)24-13-30-25(31(24)18-9-7-17(28)8-10-18)34-14-19-20(27)4-3-5-21(19)29/h3-13H,14-15H2,1-2H3. The third kappa shape index (κ3) is 4.14. The molecule has 5 rings (SSSR count). The molecule has 0 unspecified atom stereocenters. The van der Waals surface area contributed by atoms with Gasteiger partial charge in [0.05, 0.1) is 11.9 Å². The first-order valence-electron chi connectivity index (χ1n) is 10.6. The smallest absolute Gasteiger partial charge is 0.231 e. The van der Waals surface area contributed by atoms with Gasteiger partial charge in [0.1, 0.15) is 11.6 Å². The van der Waals surface area contributed by atoms with Crippen molar-refractivity contribution in [1.29, 1.82) is 0 Å². The monoisotopic (exact) mass is 498 g/mol. The van der Waals surface area contributed by atoms with Crippen LogP contribution in [0.3, 0.4) is 0 Å². The number of thioether (sulfide) groups is 1. The molecule has 1 aliphatic rings. The molecule has 0 aliphatic carbocycles. The van der Waals surface area contributed by atoms with Crippen LogP contribution in [0.1, 0.15) is 30.7 Å². The quantitative estimate of drug-likeness (QED) is 0.264. The normalized spacial score (nSPS) is 12.9. The lowest BCUT2D eigenvalue weighted by molar-refractivity contribution is 0.174. The number of halogens is 3. The van der Waals surface area contributed by atoms with Crippen molar-refractivity contribution in [2.45, 2.75) is 30.2 Å². The van der Waals surface area contributed by atoms with Crippen LogP contribution < -0.4 is 9.47 Å². The summed E-state index contributed by atoms with van der Waals surface area (Å²) in [6, 6.07) is 16.7. The third-order valence-corrected chi connectivity index (χ3v) is 7.29. The van der Waals surface area contributed by atoms with E-state index in [-0.39, 0.29) is 18.4 Å². The van der Waals surface area contributed by atoms with Crippen molar-refractivity contribution in [3.63, 3.8) is 0 Å². The van der Waals surface area contributed by atoms with Crippen molar-refractivity contribution in [3.05, 3.63) is 100 Å². The number of ether oxygens (including phenoxy) is 2. The summed E-state index contributed by atoms with van der Waals surface area (Å²) in [4.78, 5) is 4.66. The van der Waals surface area contributed by atoms with Gasteiger partial charge in [-0.05, 0) is 54.1 Å². The molecule has 3 aromatic carbocycles. The lowest BCUT2D eigenvalue weighted by Crippen LogP contribution is -2.23. The Balaban J connectivity index is 1.57. The molecule has 1 aliphatic heterocycles. The van der Waals surface area contributed by atoms with E-state index in [9.17, 15) is 8.78 Å². The van der Waals surface area contributed by atoms with Crippen LogP contribution in [0.5, 0.6) is 11.5 Å². The van der Waals surface area contributed by atoms with Gasteiger partial charge in [0.25, 0.3) is 0 Å². The Morgan fingerprint density at radius 3 is 2.56 bits per heavy atom. The highest BCUT2D eigenvalue weighted by molar-refractivity contribution is 7.98. The Labute approximate surface area is 205 Å². The summed E-state index contributed by atoms with van der Waals surface area (Å²) in [6.45, 7) is 4.37. The summed E-state index contributed by atoms with van der Waals surface area (Å²) in [5, 5.41) is 1.02. The van der Waals surface area contributed by atoms with Crippen molar-refractivity contribution in [2.75, 3.05) is 6.79 Å². The molecule has 2 heterocycles. The molecule has 0 saturated heterocycles. The van der Waals surface area contributed by atoms with E-state index >= 15 is 0 Å². The number of imidazole rings is 1. The van der Waals surface area contributed by atoms with Gasteiger partial charge < -0.3 is 9.47 Å². The van der Waals surface area contributed by atoms with E-state index < -0.39 is 5.41 Å². The molecule has 1 aromatic heterocycles. The number of rotatable bonds is 6. The molecule has 0 atom stereocenters. The fourth-order valence-electron chi connectivity index (χ4n) is 3.96. The fraction of sp³-hybridized carbons (Fsp3) is 0.192. The van der Waals surface area contributed by atoms with E-state index in [2.05, 4.69) is 18.8 Å². The summed E-state index contributed by atoms with van der Waals surface area (Å²) < 4.78 is 41.1. The van der Waals surface area contributed by atoms with E-state index in [4.69, 9.17) is 21.1 Å². The van der Waals surface area contributed by atoms with Crippen LogP contribution >= 0.6 is 23.4 Å². The molecular formula is C26H21ClF2N2O2S. The van der Waals surface area contributed by atoms with Gasteiger partial charge in [-0.15, -0.1) is 0 Å².